The molecule has 2 amide bonds. The fourth-order valence-corrected chi connectivity index (χ4v) is 9.37. The van der Waals surface area contributed by atoms with Crippen LogP contribution in [0.3, 0.4) is 0 Å². The largest absolute Gasteiger partial charge is 0.790 e. The van der Waals surface area contributed by atoms with Gasteiger partial charge in [0.25, 0.3) is 15.6 Å². The number of aliphatic hydroxyl groups is 2. The van der Waals surface area contributed by atoms with E-state index in [1.165, 1.54) is 13.8 Å². The summed E-state index contributed by atoms with van der Waals surface area (Å²) in [4.78, 5) is 120. The molecule has 1 aliphatic heterocycles. The number of nitrogens with zero attached hydrogens (tertiary/aromatic N) is 4. The van der Waals surface area contributed by atoms with Gasteiger partial charge < -0.3 is 78.9 Å². The van der Waals surface area contributed by atoms with Crippen LogP contribution in [0.4, 0.5) is 5.82 Å². The van der Waals surface area contributed by atoms with Crippen molar-refractivity contribution in [1.82, 2.24) is 30.2 Å². The van der Waals surface area contributed by atoms with Crippen LogP contribution in [0.25, 0.3) is 11.2 Å². The van der Waals surface area contributed by atoms with Gasteiger partial charge >= 0.3 is 0 Å². The lowest BCUT2D eigenvalue weighted by molar-refractivity contribution is -0.347. The average molecular weight is 989 g/mol. The van der Waals surface area contributed by atoms with Gasteiger partial charge in [-0.2, -0.15) is 0 Å². The summed E-state index contributed by atoms with van der Waals surface area (Å²) in [6, 6.07) is 0. The zero-order valence-electron chi connectivity index (χ0n) is 34.8. The number of fused-ring (bicyclic) bond motifs is 1. The van der Waals surface area contributed by atoms with Crippen molar-refractivity contribution in [2.45, 2.75) is 96.9 Å². The zero-order chi connectivity index (χ0) is 48.2. The van der Waals surface area contributed by atoms with Crippen LogP contribution in [0.2, 0.25) is 0 Å². The van der Waals surface area contributed by atoms with Crippen molar-refractivity contribution in [2.75, 3.05) is 37.8 Å². The fourth-order valence-electron chi connectivity index (χ4n) is 5.96. The molecule has 3 heterocycles. The molecule has 3 rings (SSSR count). The number of ether oxygens (including phenoxy) is 1. The van der Waals surface area contributed by atoms with Crippen LogP contribution in [0.5, 0.6) is 0 Å². The number of amides is 2. The van der Waals surface area contributed by atoms with Crippen molar-refractivity contribution in [1.29, 1.82) is 0 Å². The van der Waals surface area contributed by atoms with E-state index in [0.29, 0.717) is 19.3 Å². The number of nitrogens with two attached hydrogens (primary N) is 1. The number of hydrogen-bond acceptors (Lipinski definition) is 25. The lowest BCUT2D eigenvalue weighted by Gasteiger charge is -2.36. The molecule has 362 valence electrons. The third-order valence-electron chi connectivity index (χ3n) is 9.46. The molecular formula is C33H49N7O20P3S-5. The monoisotopic (exact) mass is 988 g/mol. The Morgan fingerprint density at radius 2 is 1.69 bits per heavy atom. The first-order valence-electron chi connectivity index (χ1n) is 19.3. The number of imidazole rings is 1. The summed E-state index contributed by atoms with van der Waals surface area (Å²) >= 11 is 0.847. The number of rotatable bonds is 28. The number of ketones is 1. The summed E-state index contributed by atoms with van der Waals surface area (Å²) in [6.07, 6.45) is -6.47. The highest BCUT2D eigenvalue weighted by Crippen LogP contribution is 2.56. The van der Waals surface area contributed by atoms with E-state index in [2.05, 4.69) is 43.5 Å². The SMILES string of the molecule is CC(CCCC(C)C(=O)CC(=O)SCCNC(=O)CCNC(=O)[C@H](O)C(C)(C)COP(=O)([O-])OP(=O)([O-])OC[C@H]1O[C@H](n2cnc3c(N)ncnc32)[C@@H](O)[C@@H]1OP(=O)([O-])[O-])CC(=O)[O-]. The lowest BCUT2D eigenvalue weighted by Crippen LogP contribution is -2.46. The highest BCUT2D eigenvalue weighted by Gasteiger charge is 2.47. The number of phosphoric ester groups is 3. The molecule has 1 fully saturated rings. The van der Waals surface area contributed by atoms with Gasteiger partial charge in [-0.1, -0.05) is 52.3 Å². The number of phosphoric acid groups is 3. The minimum atomic E-state index is -5.95. The predicted molar refractivity (Wildman–Crippen MR) is 210 cm³/mol. The van der Waals surface area contributed by atoms with Gasteiger partial charge in [0, 0.05) is 42.6 Å². The van der Waals surface area contributed by atoms with Gasteiger partial charge in [0.15, 0.2) is 22.8 Å². The Labute approximate surface area is 370 Å². The molecule has 0 saturated carbocycles. The van der Waals surface area contributed by atoms with Gasteiger partial charge in [0.1, 0.15) is 42.0 Å². The van der Waals surface area contributed by atoms with Gasteiger partial charge in [-0.3, -0.25) is 32.9 Å². The summed E-state index contributed by atoms with van der Waals surface area (Å²) in [5, 5.41) is 36.5. The van der Waals surface area contributed by atoms with Crippen molar-refractivity contribution in [3.8, 4) is 0 Å². The number of carbonyl (C=O) groups excluding carboxylic acids is 5. The molecule has 0 radical (unpaired) electrons. The summed E-state index contributed by atoms with van der Waals surface area (Å²) in [6.45, 7) is 3.23. The van der Waals surface area contributed by atoms with E-state index < -0.39 is 95.6 Å². The van der Waals surface area contributed by atoms with Crippen LogP contribution < -0.4 is 41.0 Å². The number of aliphatic carboxylic acids is 1. The third-order valence-corrected chi connectivity index (χ3v) is 13.3. The topological polar surface area (TPSA) is 432 Å². The van der Waals surface area contributed by atoms with Crippen LogP contribution in [0.1, 0.15) is 72.4 Å². The first-order chi connectivity index (χ1) is 29.6. The Morgan fingerprint density at radius 1 is 1.02 bits per heavy atom. The van der Waals surface area contributed by atoms with E-state index in [1.807, 2.05) is 0 Å². The summed E-state index contributed by atoms with van der Waals surface area (Å²) in [5.41, 5.74) is 3.99. The molecule has 9 atom stereocenters. The van der Waals surface area contributed by atoms with Gasteiger partial charge in [-0.05, 0) is 18.8 Å². The van der Waals surface area contributed by atoms with E-state index in [0.717, 1.165) is 29.0 Å². The Balaban J connectivity index is 1.40. The molecular weight excluding hydrogens is 939 g/mol. The van der Waals surface area contributed by atoms with Gasteiger partial charge in [-0.15, -0.1) is 0 Å². The van der Waals surface area contributed by atoms with Crippen LogP contribution in [-0.4, -0.2) is 115 Å². The Bertz CT molecular complexity index is 2110. The highest BCUT2D eigenvalue weighted by molar-refractivity contribution is 8.13. The van der Waals surface area contributed by atoms with Crippen molar-refractivity contribution >= 4 is 80.9 Å². The average Bonchev–Trinajstić information content (AvgIpc) is 3.74. The maximum atomic E-state index is 12.6. The number of aromatic nitrogens is 4. The van der Waals surface area contributed by atoms with E-state index in [-0.39, 0.29) is 72.7 Å². The number of carbonyl (C=O) groups is 5. The standard InChI is InChI=1S/C33H54N7O20P3S/c1-18(12-23(43)44)6-5-7-19(2)20(41)13-24(45)64-11-10-35-22(42)8-9-36-31(48)28(47)33(3,4)15-57-63(54,55)60-62(52,53)56-14-21-27(59-61(49,50)51)26(46)32(58-21)40-17-39-25-29(34)37-16-38-30(25)40/h16-19,21,26-28,32,46-47H,5-15H2,1-4H3,(H,35,42)(H,36,48)(H,43,44)(H,52,53)(H,54,55)(H2,34,37,38)(H2,49,50,51)/p-5/t18?,19?,21-,26+,27-,28+,32+/m1/s1. The van der Waals surface area contributed by atoms with Crippen molar-refractivity contribution in [3.05, 3.63) is 12.7 Å². The molecule has 1 aliphatic rings. The van der Waals surface area contributed by atoms with E-state index >= 15 is 0 Å². The number of hydrogen-bond donors (Lipinski definition) is 5. The first-order valence-corrected chi connectivity index (χ1v) is 24.7. The van der Waals surface area contributed by atoms with Crippen LogP contribution >= 0.6 is 35.2 Å². The zero-order valence-corrected chi connectivity index (χ0v) is 38.3. The lowest BCUT2D eigenvalue weighted by atomic mass is 9.87. The van der Waals surface area contributed by atoms with Gasteiger partial charge in [0.05, 0.1) is 33.8 Å². The number of carboxylic acid groups (broad SMARTS) is 1. The second kappa shape index (κ2) is 23.9. The number of nitrogen functional groups attached to an aromatic ring is 1. The van der Waals surface area contributed by atoms with Crippen LogP contribution in [-0.2, 0) is 60.3 Å². The van der Waals surface area contributed by atoms with Gasteiger partial charge in [0.2, 0.25) is 11.8 Å². The number of carboxylic acids is 1. The van der Waals surface area contributed by atoms with Crippen molar-refractivity contribution in [2.24, 2.45) is 17.3 Å². The Morgan fingerprint density at radius 3 is 2.34 bits per heavy atom. The summed E-state index contributed by atoms with van der Waals surface area (Å²) in [5.74, 6) is -3.42. The van der Waals surface area contributed by atoms with E-state index in [1.54, 1.807) is 13.8 Å². The first kappa shape index (κ1) is 55.0. The molecule has 6 N–H and O–H groups in total. The van der Waals surface area contributed by atoms with Gasteiger partial charge in [-0.25, -0.2) is 19.3 Å². The molecule has 2 aromatic heterocycles. The molecule has 1 saturated heterocycles. The number of anilines is 1. The maximum absolute atomic E-state index is 12.6. The third kappa shape index (κ3) is 17.8. The number of aliphatic hydroxyl groups excluding tert-OH is 2. The summed E-state index contributed by atoms with van der Waals surface area (Å²) < 4.78 is 60.6. The molecule has 64 heavy (non-hydrogen) atoms. The normalized spacial score (nSPS) is 21.3. The minimum Gasteiger partial charge on any atom is -0.790 e. The fraction of sp³-hybridized carbons (Fsp3) is 0.697. The smallest absolute Gasteiger partial charge is 0.274 e. The molecule has 4 unspecified atom stereocenters. The van der Waals surface area contributed by atoms with Crippen LogP contribution in [0, 0.1) is 17.3 Å². The number of Topliss-reactive ketones (excluding diaryl/α,β-unsaturated/α-hetero) is 1. The van der Waals surface area contributed by atoms with E-state index in [9.17, 15) is 72.6 Å². The van der Waals surface area contributed by atoms with Crippen LogP contribution in [0.15, 0.2) is 12.7 Å². The van der Waals surface area contributed by atoms with Crippen molar-refractivity contribution < 1.29 is 95.2 Å². The predicted octanol–water partition coefficient (Wildman–Crippen LogP) is -3.32. The number of thioether (sulfide) groups is 1. The molecule has 0 aliphatic carbocycles. The molecule has 0 bridgehead atoms. The summed E-state index contributed by atoms with van der Waals surface area (Å²) in [7, 11) is -17.7. The minimum absolute atomic E-state index is 0.0294. The van der Waals surface area contributed by atoms with E-state index in [4.69, 9.17) is 10.5 Å². The maximum Gasteiger partial charge on any atom is 0.274 e. The number of nitrogens with one attached hydrogen (secondary N) is 2. The highest BCUT2D eigenvalue weighted by atomic mass is 32.2. The molecule has 0 aromatic carbocycles. The Kier molecular flexibility index (Phi) is 20.6. The molecule has 0 spiro atoms. The second-order valence-electron chi connectivity index (χ2n) is 15.4. The molecule has 31 heteroatoms. The second-order valence-corrected chi connectivity index (χ2v) is 20.6. The molecule has 2 aromatic rings. The van der Waals surface area contributed by atoms with Crippen molar-refractivity contribution in [3.63, 3.8) is 0 Å². The Hall–Kier alpha value is -3.30. The quantitative estimate of drug-likeness (QED) is 0.0316. The molecule has 27 nitrogen and oxygen atoms in total.